The number of halogens is 1. The summed E-state index contributed by atoms with van der Waals surface area (Å²) in [6.07, 6.45) is 3.52. The number of nitrogens with one attached hydrogen (secondary N) is 2. The minimum atomic E-state index is -0.104. The van der Waals surface area contributed by atoms with Gasteiger partial charge in [-0.2, -0.15) is 0 Å². The van der Waals surface area contributed by atoms with Crippen molar-refractivity contribution in [2.45, 2.75) is 13.0 Å². The SMILES string of the molecule is CC(NCC(=O)Nc1ccc(Oc2ccc(Br)cc2)cc1)c1cccnc1. The van der Waals surface area contributed by atoms with Crippen LogP contribution in [0.25, 0.3) is 0 Å². The maximum absolute atomic E-state index is 12.1. The molecule has 0 radical (unpaired) electrons. The van der Waals surface area contributed by atoms with E-state index in [-0.39, 0.29) is 18.5 Å². The van der Waals surface area contributed by atoms with E-state index < -0.39 is 0 Å². The Labute approximate surface area is 166 Å². The molecule has 0 spiro atoms. The Kier molecular flexibility index (Phi) is 6.57. The third-order valence-corrected chi connectivity index (χ3v) is 4.47. The minimum absolute atomic E-state index is 0.0473. The first kappa shape index (κ1) is 19.1. The lowest BCUT2D eigenvalue weighted by Crippen LogP contribution is -2.30. The van der Waals surface area contributed by atoms with Gasteiger partial charge in [-0.1, -0.05) is 22.0 Å². The molecule has 0 bridgehead atoms. The standard InChI is InChI=1S/C21H20BrN3O2/c1-15(16-3-2-12-23-13-16)24-14-21(26)25-18-6-10-20(11-7-18)27-19-8-4-17(22)5-9-19/h2-13,15,24H,14H2,1H3,(H,25,26). The predicted octanol–water partition coefficient (Wildman–Crippen LogP) is 4.93. The molecule has 1 atom stereocenters. The molecule has 0 aliphatic rings. The Hall–Kier alpha value is -2.70. The highest BCUT2D eigenvalue weighted by atomic mass is 79.9. The molecule has 138 valence electrons. The number of nitrogens with zero attached hydrogens (tertiary/aromatic N) is 1. The van der Waals surface area contributed by atoms with Gasteiger partial charge in [0.15, 0.2) is 0 Å². The van der Waals surface area contributed by atoms with E-state index in [0.29, 0.717) is 5.75 Å². The average Bonchev–Trinajstić information content (AvgIpc) is 2.70. The van der Waals surface area contributed by atoms with E-state index >= 15 is 0 Å². The maximum Gasteiger partial charge on any atom is 0.238 e. The zero-order chi connectivity index (χ0) is 19.1. The van der Waals surface area contributed by atoms with Crippen molar-refractivity contribution in [3.8, 4) is 11.5 Å². The summed E-state index contributed by atoms with van der Waals surface area (Å²) in [7, 11) is 0. The second-order valence-corrected chi connectivity index (χ2v) is 6.93. The lowest BCUT2D eigenvalue weighted by atomic mass is 10.1. The van der Waals surface area contributed by atoms with Crippen molar-refractivity contribution in [3.63, 3.8) is 0 Å². The maximum atomic E-state index is 12.1. The fourth-order valence-corrected chi connectivity index (χ4v) is 2.71. The summed E-state index contributed by atoms with van der Waals surface area (Å²) in [5.74, 6) is 1.36. The van der Waals surface area contributed by atoms with Crippen LogP contribution in [-0.4, -0.2) is 17.4 Å². The molecule has 0 saturated heterocycles. The van der Waals surface area contributed by atoms with Crippen molar-refractivity contribution >= 4 is 27.5 Å². The van der Waals surface area contributed by atoms with Crippen LogP contribution in [0.4, 0.5) is 5.69 Å². The van der Waals surface area contributed by atoms with Gasteiger partial charge >= 0.3 is 0 Å². The van der Waals surface area contributed by atoms with E-state index in [9.17, 15) is 4.79 Å². The minimum Gasteiger partial charge on any atom is -0.457 e. The average molecular weight is 426 g/mol. The van der Waals surface area contributed by atoms with Crippen LogP contribution < -0.4 is 15.4 Å². The zero-order valence-corrected chi connectivity index (χ0v) is 16.4. The molecular formula is C21H20BrN3O2. The fourth-order valence-electron chi connectivity index (χ4n) is 2.45. The summed E-state index contributed by atoms with van der Waals surface area (Å²) in [6, 6.07) is 18.8. The highest BCUT2D eigenvalue weighted by Crippen LogP contribution is 2.24. The van der Waals surface area contributed by atoms with Gasteiger partial charge in [-0.05, 0) is 67.1 Å². The number of aromatic nitrogens is 1. The Balaban J connectivity index is 1.48. The van der Waals surface area contributed by atoms with Crippen LogP contribution in [0.5, 0.6) is 11.5 Å². The smallest absolute Gasteiger partial charge is 0.238 e. The summed E-state index contributed by atoms with van der Waals surface area (Å²) in [4.78, 5) is 16.2. The number of benzene rings is 2. The Morgan fingerprint density at radius 3 is 2.37 bits per heavy atom. The summed E-state index contributed by atoms with van der Waals surface area (Å²) < 4.78 is 6.77. The van der Waals surface area contributed by atoms with Gasteiger partial charge in [0.05, 0.1) is 6.54 Å². The highest BCUT2D eigenvalue weighted by molar-refractivity contribution is 9.10. The lowest BCUT2D eigenvalue weighted by Gasteiger charge is -2.14. The summed E-state index contributed by atoms with van der Waals surface area (Å²) in [5, 5.41) is 6.06. The number of hydrogen-bond donors (Lipinski definition) is 2. The van der Waals surface area contributed by atoms with Gasteiger partial charge in [-0.15, -0.1) is 0 Å². The largest absolute Gasteiger partial charge is 0.457 e. The number of carbonyl (C=O) groups is 1. The van der Waals surface area contributed by atoms with E-state index in [2.05, 4.69) is 31.5 Å². The van der Waals surface area contributed by atoms with Gasteiger partial charge in [-0.25, -0.2) is 0 Å². The van der Waals surface area contributed by atoms with Crippen LogP contribution in [0.15, 0.2) is 77.5 Å². The van der Waals surface area contributed by atoms with E-state index in [1.165, 1.54) is 0 Å². The third kappa shape index (κ3) is 5.91. The van der Waals surface area contributed by atoms with Crippen LogP contribution in [0.3, 0.4) is 0 Å². The second-order valence-electron chi connectivity index (χ2n) is 6.02. The molecule has 1 unspecified atom stereocenters. The normalized spacial score (nSPS) is 11.6. The van der Waals surface area contributed by atoms with Crippen molar-refractivity contribution in [1.29, 1.82) is 0 Å². The second kappa shape index (κ2) is 9.30. The molecule has 3 aromatic rings. The molecule has 6 heteroatoms. The van der Waals surface area contributed by atoms with Crippen LogP contribution >= 0.6 is 15.9 Å². The van der Waals surface area contributed by atoms with Crippen LogP contribution in [0, 0.1) is 0 Å². The van der Waals surface area contributed by atoms with Gasteiger partial charge in [0.1, 0.15) is 11.5 Å². The predicted molar refractivity (Wildman–Crippen MR) is 110 cm³/mol. The summed E-state index contributed by atoms with van der Waals surface area (Å²) in [5.41, 5.74) is 1.76. The van der Waals surface area contributed by atoms with E-state index in [4.69, 9.17) is 4.74 Å². The van der Waals surface area contributed by atoms with Gasteiger partial charge < -0.3 is 15.4 Å². The third-order valence-electron chi connectivity index (χ3n) is 3.94. The molecule has 1 amide bonds. The molecule has 1 heterocycles. The molecular weight excluding hydrogens is 406 g/mol. The van der Waals surface area contributed by atoms with E-state index in [0.717, 1.165) is 21.5 Å². The molecule has 0 aliphatic carbocycles. The Morgan fingerprint density at radius 2 is 1.74 bits per heavy atom. The topological polar surface area (TPSA) is 63.2 Å². The molecule has 3 rings (SSSR count). The van der Waals surface area contributed by atoms with Crippen molar-refractivity contribution in [1.82, 2.24) is 10.3 Å². The summed E-state index contributed by atoms with van der Waals surface area (Å²) in [6.45, 7) is 2.21. The molecule has 5 nitrogen and oxygen atoms in total. The fraction of sp³-hybridized carbons (Fsp3) is 0.143. The van der Waals surface area contributed by atoms with Crippen LogP contribution in [0.2, 0.25) is 0 Å². The number of pyridine rings is 1. The molecule has 2 N–H and O–H groups in total. The lowest BCUT2D eigenvalue weighted by molar-refractivity contribution is -0.115. The summed E-state index contributed by atoms with van der Waals surface area (Å²) >= 11 is 3.39. The Bertz CT molecular complexity index is 868. The number of anilines is 1. The van der Waals surface area contributed by atoms with E-state index in [1.807, 2.05) is 67.6 Å². The van der Waals surface area contributed by atoms with Gasteiger partial charge in [0, 0.05) is 28.6 Å². The van der Waals surface area contributed by atoms with Crippen LogP contribution in [-0.2, 0) is 4.79 Å². The van der Waals surface area contributed by atoms with Crippen molar-refractivity contribution in [2.75, 3.05) is 11.9 Å². The van der Waals surface area contributed by atoms with Crippen molar-refractivity contribution in [2.24, 2.45) is 0 Å². The highest BCUT2D eigenvalue weighted by Gasteiger charge is 2.08. The van der Waals surface area contributed by atoms with Crippen molar-refractivity contribution < 1.29 is 9.53 Å². The number of hydrogen-bond acceptors (Lipinski definition) is 4. The van der Waals surface area contributed by atoms with Gasteiger partial charge in [-0.3, -0.25) is 9.78 Å². The first-order valence-corrected chi connectivity index (χ1v) is 9.36. The molecule has 1 aromatic heterocycles. The quantitative estimate of drug-likeness (QED) is 0.563. The first-order chi connectivity index (χ1) is 13.1. The molecule has 2 aromatic carbocycles. The van der Waals surface area contributed by atoms with Crippen LogP contribution in [0.1, 0.15) is 18.5 Å². The Morgan fingerprint density at radius 1 is 1.07 bits per heavy atom. The molecule has 0 saturated carbocycles. The number of carbonyl (C=O) groups excluding carboxylic acids is 1. The monoisotopic (exact) mass is 425 g/mol. The zero-order valence-electron chi connectivity index (χ0n) is 14.9. The molecule has 0 fully saturated rings. The number of rotatable bonds is 7. The number of amides is 1. The first-order valence-electron chi connectivity index (χ1n) is 8.57. The van der Waals surface area contributed by atoms with E-state index in [1.54, 1.807) is 12.4 Å². The molecule has 27 heavy (non-hydrogen) atoms. The van der Waals surface area contributed by atoms with Gasteiger partial charge in [0.2, 0.25) is 5.91 Å². The van der Waals surface area contributed by atoms with Gasteiger partial charge in [0.25, 0.3) is 0 Å². The van der Waals surface area contributed by atoms with Crippen molar-refractivity contribution in [3.05, 3.63) is 83.1 Å². The molecule has 0 aliphatic heterocycles. The number of ether oxygens (including phenoxy) is 1.